The number of aryl methyl sites for hydroxylation is 1. The normalized spacial score (nSPS) is 17.8. The van der Waals surface area contributed by atoms with Gasteiger partial charge in [-0.05, 0) is 24.8 Å². The quantitative estimate of drug-likeness (QED) is 0.930. The fourth-order valence-corrected chi connectivity index (χ4v) is 2.73. The maximum absolute atomic E-state index is 6.11. The van der Waals surface area contributed by atoms with Gasteiger partial charge in [-0.25, -0.2) is 9.97 Å². The second kappa shape index (κ2) is 5.69. The van der Waals surface area contributed by atoms with E-state index in [2.05, 4.69) is 4.98 Å². The highest BCUT2D eigenvalue weighted by Crippen LogP contribution is 2.28. The standard InChI is InChI=1S/C16H19N3O/c1-20-10-11-5-2-3-6-12(11)16-18-9-13-14(17)7-4-8-15(13)19-16/h2-3,5-6,9,14H,4,7-8,10,17H2,1H3. The first-order valence-corrected chi connectivity index (χ1v) is 6.98. The van der Waals surface area contributed by atoms with Crippen molar-refractivity contribution in [3.05, 3.63) is 47.3 Å². The second-order valence-corrected chi connectivity index (χ2v) is 5.18. The summed E-state index contributed by atoms with van der Waals surface area (Å²) in [5.41, 5.74) is 10.5. The SMILES string of the molecule is COCc1ccccc1-c1ncc2c(n1)CCCC2N. The molecule has 0 saturated carbocycles. The van der Waals surface area contributed by atoms with E-state index in [0.717, 1.165) is 47.5 Å². The molecule has 1 aliphatic carbocycles. The summed E-state index contributed by atoms with van der Waals surface area (Å²) in [6.07, 6.45) is 5.01. The van der Waals surface area contributed by atoms with E-state index in [1.54, 1.807) is 7.11 Å². The molecule has 4 nitrogen and oxygen atoms in total. The molecule has 104 valence electrons. The van der Waals surface area contributed by atoms with Gasteiger partial charge in [0.2, 0.25) is 0 Å². The third-order valence-electron chi connectivity index (χ3n) is 3.79. The Bertz CT molecular complexity index is 612. The van der Waals surface area contributed by atoms with Crippen molar-refractivity contribution < 1.29 is 4.74 Å². The molecule has 0 amide bonds. The van der Waals surface area contributed by atoms with Crippen molar-refractivity contribution in [2.24, 2.45) is 5.73 Å². The molecule has 1 aromatic carbocycles. The van der Waals surface area contributed by atoms with E-state index in [-0.39, 0.29) is 6.04 Å². The number of methoxy groups -OCH3 is 1. The van der Waals surface area contributed by atoms with Gasteiger partial charge >= 0.3 is 0 Å². The van der Waals surface area contributed by atoms with E-state index in [1.165, 1.54) is 0 Å². The molecule has 1 aliphatic rings. The van der Waals surface area contributed by atoms with Gasteiger partial charge in [-0.1, -0.05) is 24.3 Å². The Kier molecular flexibility index (Phi) is 3.76. The van der Waals surface area contributed by atoms with Gasteiger partial charge in [0.05, 0.1) is 6.61 Å². The van der Waals surface area contributed by atoms with Crippen LogP contribution in [0, 0.1) is 0 Å². The summed E-state index contributed by atoms with van der Waals surface area (Å²) in [5.74, 6) is 0.769. The van der Waals surface area contributed by atoms with Gasteiger partial charge in [0.25, 0.3) is 0 Å². The molecule has 1 unspecified atom stereocenters. The molecule has 1 atom stereocenters. The van der Waals surface area contributed by atoms with E-state index in [0.29, 0.717) is 6.61 Å². The molecule has 2 aromatic rings. The first-order valence-electron chi connectivity index (χ1n) is 6.98. The summed E-state index contributed by atoms with van der Waals surface area (Å²) < 4.78 is 5.24. The van der Waals surface area contributed by atoms with Gasteiger partial charge in [-0.2, -0.15) is 0 Å². The smallest absolute Gasteiger partial charge is 0.159 e. The Labute approximate surface area is 119 Å². The zero-order valence-electron chi connectivity index (χ0n) is 11.7. The van der Waals surface area contributed by atoms with Crippen LogP contribution in [0.25, 0.3) is 11.4 Å². The van der Waals surface area contributed by atoms with Crippen LogP contribution in [-0.2, 0) is 17.8 Å². The van der Waals surface area contributed by atoms with E-state index < -0.39 is 0 Å². The fraction of sp³-hybridized carbons (Fsp3) is 0.375. The summed E-state index contributed by atoms with van der Waals surface area (Å²) in [7, 11) is 1.70. The minimum atomic E-state index is 0.0852. The van der Waals surface area contributed by atoms with Crippen LogP contribution < -0.4 is 5.73 Å². The summed E-state index contributed by atoms with van der Waals surface area (Å²) in [6, 6.07) is 8.18. The van der Waals surface area contributed by atoms with E-state index >= 15 is 0 Å². The van der Waals surface area contributed by atoms with Crippen LogP contribution in [0.2, 0.25) is 0 Å². The zero-order chi connectivity index (χ0) is 13.9. The van der Waals surface area contributed by atoms with Gasteiger partial charge in [-0.15, -0.1) is 0 Å². The minimum absolute atomic E-state index is 0.0852. The van der Waals surface area contributed by atoms with Gasteiger partial charge < -0.3 is 10.5 Å². The third kappa shape index (κ3) is 2.44. The van der Waals surface area contributed by atoms with Crippen LogP contribution >= 0.6 is 0 Å². The van der Waals surface area contributed by atoms with Crippen LogP contribution in [0.15, 0.2) is 30.5 Å². The summed E-state index contributed by atoms with van der Waals surface area (Å²) >= 11 is 0. The molecule has 0 spiro atoms. The van der Waals surface area contributed by atoms with Gasteiger partial charge in [0.15, 0.2) is 5.82 Å². The van der Waals surface area contributed by atoms with Crippen molar-refractivity contribution in [1.29, 1.82) is 0 Å². The van der Waals surface area contributed by atoms with E-state index in [1.807, 2.05) is 30.5 Å². The molecule has 0 aliphatic heterocycles. The Morgan fingerprint density at radius 3 is 3.05 bits per heavy atom. The minimum Gasteiger partial charge on any atom is -0.380 e. The Morgan fingerprint density at radius 2 is 2.20 bits per heavy atom. The van der Waals surface area contributed by atoms with Crippen LogP contribution in [0.5, 0.6) is 0 Å². The van der Waals surface area contributed by atoms with Crippen molar-refractivity contribution in [1.82, 2.24) is 9.97 Å². The Balaban J connectivity index is 2.03. The predicted octanol–water partition coefficient (Wildman–Crippen LogP) is 2.63. The number of nitrogens with zero attached hydrogens (tertiary/aromatic N) is 2. The zero-order valence-corrected chi connectivity index (χ0v) is 11.7. The van der Waals surface area contributed by atoms with Crippen LogP contribution in [-0.4, -0.2) is 17.1 Å². The maximum Gasteiger partial charge on any atom is 0.159 e. The number of benzene rings is 1. The number of rotatable bonds is 3. The summed E-state index contributed by atoms with van der Waals surface area (Å²) in [5, 5.41) is 0. The van der Waals surface area contributed by atoms with Crippen molar-refractivity contribution in [2.45, 2.75) is 31.9 Å². The van der Waals surface area contributed by atoms with Crippen LogP contribution in [0.1, 0.15) is 35.7 Å². The molecule has 1 heterocycles. The lowest BCUT2D eigenvalue weighted by Gasteiger charge is -2.21. The second-order valence-electron chi connectivity index (χ2n) is 5.18. The summed E-state index contributed by atoms with van der Waals surface area (Å²) in [6.45, 7) is 0.566. The average molecular weight is 269 g/mol. The molecule has 20 heavy (non-hydrogen) atoms. The molecule has 0 saturated heterocycles. The van der Waals surface area contributed by atoms with Crippen molar-refractivity contribution >= 4 is 0 Å². The molecule has 0 fully saturated rings. The van der Waals surface area contributed by atoms with E-state index in [4.69, 9.17) is 15.5 Å². The first kappa shape index (κ1) is 13.2. The molecule has 1 aromatic heterocycles. The van der Waals surface area contributed by atoms with Gasteiger partial charge in [0, 0.05) is 36.2 Å². The lowest BCUT2D eigenvalue weighted by atomic mass is 9.93. The number of ether oxygens (including phenoxy) is 1. The van der Waals surface area contributed by atoms with Gasteiger partial charge in [-0.3, -0.25) is 0 Å². The van der Waals surface area contributed by atoms with Crippen LogP contribution in [0.3, 0.4) is 0 Å². The van der Waals surface area contributed by atoms with Crippen molar-refractivity contribution in [2.75, 3.05) is 7.11 Å². The number of nitrogens with two attached hydrogens (primary N) is 1. The molecular formula is C16H19N3O. The predicted molar refractivity (Wildman–Crippen MR) is 78.0 cm³/mol. The number of fused-ring (bicyclic) bond motifs is 1. The first-order chi connectivity index (χ1) is 9.79. The monoisotopic (exact) mass is 269 g/mol. The molecule has 2 N–H and O–H groups in total. The molecule has 3 rings (SSSR count). The van der Waals surface area contributed by atoms with Crippen molar-refractivity contribution in [3.8, 4) is 11.4 Å². The highest BCUT2D eigenvalue weighted by atomic mass is 16.5. The lowest BCUT2D eigenvalue weighted by molar-refractivity contribution is 0.185. The maximum atomic E-state index is 6.11. The molecule has 4 heteroatoms. The highest BCUT2D eigenvalue weighted by molar-refractivity contribution is 5.60. The number of hydrogen-bond donors (Lipinski definition) is 1. The largest absolute Gasteiger partial charge is 0.380 e. The number of hydrogen-bond acceptors (Lipinski definition) is 4. The van der Waals surface area contributed by atoms with Gasteiger partial charge in [0.1, 0.15) is 0 Å². The summed E-state index contributed by atoms with van der Waals surface area (Å²) in [4.78, 5) is 9.24. The van der Waals surface area contributed by atoms with E-state index in [9.17, 15) is 0 Å². The Morgan fingerprint density at radius 1 is 1.35 bits per heavy atom. The van der Waals surface area contributed by atoms with Crippen LogP contribution in [0.4, 0.5) is 0 Å². The Hall–Kier alpha value is -1.78. The number of aromatic nitrogens is 2. The van der Waals surface area contributed by atoms with Crippen molar-refractivity contribution in [3.63, 3.8) is 0 Å². The molecule has 0 bridgehead atoms. The third-order valence-corrected chi connectivity index (χ3v) is 3.79. The lowest BCUT2D eigenvalue weighted by Crippen LogP contribution is -2.19. The molecule has 0 radical (unpaired) electrons. The fourth-order valence-electron chi connectivity index (χ4n) is 2.73. The average Bonchev–Trinajstić information content (AvgIpc) is 2.48. The highest BCUT2D eigenvalue weighted by Gasteiger charge is 2.19. The molecular weight excluding hydrogens is 250 g/mol. The topological polar surface area (TPSA) is 61.0 Å².